The molecule has 0 atom stereocenters. The van der Waals surface area contributed by atoms with Crippen LogP contribution >= 0.6 is 12.6 Å². The van der Waals surface area contributed by atoms with Crippen LogP contribution in [0.2, 0.25) is 0 Å². The Balaban J connectivity index is 2.41. The molecule has 2 aromatic rings. The van der Waals surface area contributed by atoms with Crippen LogP contribution in [0.5, 0.6) is 0 Å². The van der Waals surface area contributed by atoms with Crippen molar-refractivity contribution in [1.29, 1.82) is 0 Å². The Labute approximate surface area is 80.3 Å². The molecule has 0 saturated carbocycles. The van der Waals surface area contributed by atoms with Crippen molar-refractivity contribution in [2.45, 2.75) is 5.75 Å². The van der Waals surface area contributed by atoms with Gasteiger partial charge in [-0.25, -0.2) is 19.6 Å². The van der Waals surface area contributed by atoms with Gasteiger partial charge >= 0.3 is 0 Å². The zero-order chi connectivity index (χ0) is 9.10. The van der Waals surface area contributed by atoms with Gasteiger partial charge in [-0.15, -0.1) is 0 Å². The van der Waals surface area contributed by atoms with Crippen molar-refractivity contribution in [3.05, 3.63) is 30.7 Å². The van der Waals surface area contributed by atoms with E-state index in [-0.39, 0.29) is 0 Å². The number of nitrogens with zero attached hydrogens (tertiary/aromatic N) is 5. The second-order valence-corrected chi connectivity index (χ2v) is 2.68. The smallest absolute Gasteiger partial charge is 0.158 e. The van der Waals surface area contributed by atoms with Gasteiger partial charge in [-0.3, -0.25) is 0 Å². The van der Waals surface area contributed by atoms with Crippen LogP contribution in [0.3, 0.4) is 0 Å². The Hall–Kier alpha value is -1.43. The zero-order valence-corrected chi connectivity index (χ0v) is 7.59. The van der Waals surface area contributed by atoms with Crippen molar-refractivity contribution >= 4 is 12.6 Å². The first-order valence-electron chi connectivity index (χ1n) is 3.67. The lowest BCUT2D eigenvalue weighted by Crippen LogP contribution is -1.99. The van der Waals surface area contributed by atoms with Crippen LogP contribution in [0.15, 0.2) is 25.0 Å². The van der Waals surface area contributed by atoms with Crippen molar-refractivity contribution in [1.82, 2.24) is 24.7 Å². The maximum Gasteiger partial charge on any atom is 0.158 e. The molecule has 2 rings (SSSR count). The molecule has 0 aliphatic heterocycles. The molecule has 6 heteroatoms. The van der Waals surface area contributed by atoms with Crippen LogP contribution in [-0.2, 0) is 5.75 Å². The SMILES string of the molecule is SCc1cc(-n2cncn2)ncn1. The summed E-state index contributed by atoms with van der Waals surface area (Å²) in [6.45, 7) is 0. The third-order valence-corrected chi connectivity index (χ3v) is 1.85. The Bertz CT molecular complexity index is 386. The largest absolute Gasteiger partial charge is 0.240 e. The molecule has 0 bridgehead atoms. The average molecular weight is 193 g/mol. The number of thiol groups is 1. The van der Waals surface area contributed by atoms with Gasteiger partial charge in [-0.1, -0.05) is 0 Å². The molecule has 0 spiro atoms. The predicted molar refractivity (Wildman–Crippen MR) is 49.6 cm³/mol. The van der Waals surface area contributed by atoms with Gasteiger partial charge in [0.1, 0.15) is 19.0 Å². The van der Waals surface area contributed by atoms with Crippen molar-refractivity contribution < 1.29 is 0 Å². The fourth-order valence-corrected chi connectivity index (χ4v) is 1.10. The van der Waals surface area contributed by atoms with Crippen molar-refractivity contribution in [2.75, 3.05) is 0 Å². The Morgan fingerprint density at radius 1 is 1.31 bits per heavy atom. The van der Waals surface area contributed by atoms with E-state index < -0.39 is 0 Å². The molecule has 2 aromatic heterocycles. The summed E-state index contributed by atoms with van der Waals surface area (Å²) in [6, 6.07) is 1.82. The van der Waals surface area contributed by atoms with Crippen LogP contribution in [0.4, 0.5) is 0 Å². The van der Waals surface area contributed by atoms with E-state index in [0.29, 0.717) is 11.6 Å². The third-order valence-electron chi connectivity index (χ3n) is 1.52. The minimum Gasteiger partial charge on any atom is -0.240 e. The summed E-state index contributed by atoms with van der Waals surface area (Å²) < 4.78 is 1.58. The molecule has 0 aromatic carbocycles. The first-order valence-corrected chi connectivity index (χ1v) is 4.30. The van der Waals surface area contributed by atoms with Crippen LogP contribution < -0.4 is 0 Å². The molecular formula is C7H7N5S. The third kappa shape index (κ3) is 1.67. The van der Waals surface area contributed by atoms with E-state index in [1.807, 2.05) is 6.07 Å². The Morgan fingerprint density at radius 3 is 2.92 bits per heavy atom. The fraction of sp³-hybridized carbons (Fsp3) is 0.143. The fourth-order valence-electron chi connectivity index (χ4n) is 0.924. The highest BCUT2D eigenvalue weighted by molar-refractivity contribution is 7.79. The second kappa shape index (κ2) is 3.53. The monoisotopic (exact) mass is 193 g/mol. The normalized spacial score (nSPS) is 10.2. The highest BCUT2D eigenvalue weighted by atomic mass is 32.1. The van der Waals surface area contributed by atoms with Crippen LogP contribution in [0, 0.1) is 0 Å². The van der Waals surface area contributed by atoms with Crippen molar-refractivity contribution in [3.63, 3.8) is 0 Å². The molecule has 0 unspecified atom stereocenters. The van der Waals surface area contributed by atoms with E-state index >= 15 is 0 Å². The van der Waals surface area contributed by atoms with Gasteiger partial charge in [0, 0.05) is 11.8 Å². The highest BCUT2D eigenvalue weighted by Crippen LogP contribution is 2.04. The van der Waals surface area contributed by atoms with Crippen LogP contribution in [0.25, 0.3) is 5.82 Å². The van der Waals surface area contributed by atoms with Crippen LogP contribution in [-0.4, -0.2) is 24.7 Å². The van der Waals surface area contributed by atoms with Gasteiger partial charge in [0.2, 0.25) is 0 Å². The summed E-state index contributed by atoms with van der Waals surface area (Å²) in [7, 11) is 0. The predicted octanol–water partition coefficient (Wildman–Crippen LogP) is 0.487. The molecule has 0 aliphatic carbocycles. The Kier molecular flexibility index (Phi) is 2.22. The molecule has 0 saturated heterocycles. The molecule has 66 valence electrons. The molecule has 0 amide bonds. The standard InChI is InChI=1S/C7H7N5S/c13-2-6-1-7(10-4-9-6)12-5-8-3-11-12/h1,3-5,13H,2H2. The summed E-state index contributed by atoms with van der Waals surface area (Å²) in [5, 5.41) is 3.95. The number of rotatable bonds is 2. The minimum atomic E-state index is 0.588. The molecule has 0 N–H and O–H groups in total. The molecule has 5 nitrogen and oxygen atoms in total. The van der Waals surface area contributed by atoms with Gasteiger partial charge in [-0.05, 0) is 0 Å². The van der Waals surface area contributed by atoms with E-state index in [4.69, 9.17) is 0 Å². The highest BCUT2D eigenvalue weighted by Gasteiger charge is 1.99. The molecule has 0 radical (unpaired) electrons. The van der Waals surface area contributed by atoms with E-state index in [2.05, 4.69) is 32.7 Å². The second-order valence-electron chi connectivity index (χ2n) is 2.37. The molecular weight excluding hydrogens is 186 g/mol. The van der Waals surface area contributed by atoms with E-state index in [9.17, 15) is 0 Å². The first kappa shape index (κ1) is 8.18. The molecule has 13 heavy (non-hydrogen) atoms. The molecule has 0 fully saturated rings. The van der Waals surface area contributed by atoms with Gasteiger partial charge in [0.15, 0.2) is 5.82 Å². The van der Waals surface area contributed by atoms with E-state index in [0.717, 1.165) is 5.69 Å². The average Bonchev–Trinajstić information content (AvgIpc) is 2.71. The maximum atomic E-state index is 4.12. The van der Waals surface area contributed by atoms with Gasteiger partial charge in [0.05, 0.1) is 5.69 Å². The first-order chi connectivity index (χ1) is 6.40. The lowest BCUT2D eigenvalue weighted by Gasteiger charge is -1.99. The van der Waals surface area contributed by atoms with Crippen LogP contribution in [0.1, 0.15) is 5.69 Å². The van der Waals surface area contributed by atoms with Gasteiger partial charge in [-0.2, -0.15) is 17.7 Å². The summed E-state index contributed by atoms with van der Waals surface area (Å²) in [4.78, 5) is 11.9. The minimum absolute atomic E-state index is 0.588. The lowest BCUT2D eigenvalue weighted by atomic mass is 10.4. The van der Waals surface area contributed by atoms with Crippen molar-refractivity contribution in [3.8, 4) is 5.82 Å². The quantitative estimate of drug-likeness (QED) is 0.705. The number of aromatic nitrogens is 5. The van der Waals surface area contributed by atoms with Gasteiger partial charge < -0.3 is 0 Å². The summed E-state index contributed by atoms with van der Waals surface area (Å²) in [5.74, 6) is 1.29. The lowest BCUT2D eigenvalue weighted by molar-refractivity contribution is 0.832. The Morgan fingerprint density at radius 2 is 2.23 bits per heavy atom. The topological polar surface area (TPSA) is 56.5 Å². The van der Waals surface area contributed by atoms with E-state index in [1.54, 1.807) is 11.0 Å². The van der Waals surface area contributed by atoms with Crippen molar-refractivity contribution in [2.24, 2.45) is 0 Å². The summed E-state index contributed by atoms with van der Waals surface area (Å²) in [6.07, 6.45) is 4.54. The maximum absolute atomic E-state index is 4.12. The summed E-state index contributed by atoms with van der Waals surface area (Å²) >= 11 is 4.12. The molecule has 2 heterocycles. The summed E-state index contributed by atoms with van der Waals surface area (Å²) in [5.41, 5.74) is 0.865. The number of hydrogen-bond acceptors (Lipinski definition) is 5. The molecule has 0 aliphatic rings. The van der Waals surface area contributed by atoms with Gasteiger partial charge in [0.25, 0.3) is 0 Å². The zero-order valence-electron chi connectivity index (χ0n) is 6.70. The van der Waals surface area contributed by atoms with E-state index in [1.165, 1.54) is 12.7 Å². The number of hydrogen-bond donors (Lipinski definition) is 1.